The smallest absolute Gasteiger partial charge is 0.229 e. The number of aromatic hydroxyl groups is 1. The van der Waals surface area contributed by atoms with Crippen molar-refractivity contribution in [3.8, 4) is 28.6 Å². The lowest BCUT2D eigenvalue weighted by molar-refractivity contribution is -0.360. The van der Waals surface area contributed by atoms with Gasteiger partial charge >= 0.3 is 0 Å². The Balaban J connectivity index is 1.30. The van der Waals surface area contributed by atoms with E-state index >= 15 is 0 Å². The van der Waals surface area contributed by atoms with Gasteiger partial charge in [-0.2, -0.15) is 0 Å². The molecular weight excluding hydrogens is 696 g/mol. The number of aliphatic hydroxyl groups is 8. The van der Waals surface area contributed by atoms with Crippen LogP contribution < -0.4 is 14.9 Å². The molecule has 0 spiro atoms. The Kier molecular flexibility index (Phi) is 11.4. The molecule has 18 heteroatoms. The minimum absolute atomic E-state index is 0.0997. The summed E-state index contributed by atoms with van der Waals surface area (Å²) in [5.41, 5.74) is -0.151. The quantitative estimate of drug-likeness (QED) is 0.115. The number of benzene rings is 2. The van der Waals surface area contributed by atoms with Gasteiger partial charge in [0.2, 0.25) is 6.29 Å². The summed E-state index contributed by atoms with van der Waals surface area (Å²) in [5, 5.41) is 94.8. The lowest BCUT2D eigenvalue weighted by Crippen LogP contribution is -2.65. The van der Waals surface area contributed by atoms with Crippen LogP contribution in [0.15, 0.2) is 51.7 Å². The van der Waals surface area contributed by atoms with Crippen LogP contribution in [0.1, 0.15) is 13.8 Å². The van der Waals surface area contributed by atoms with Gasteiger partial charge in [0.25, 0.3) is 0 Å². The number of aliphatic hydroxyl groups excluding tert-OH is 8. The second-order valence-electron chi connectivity index (χ2n) is 13.0. The molecule has 3 aromatic rings. The molecule has 3 fully saturated rings. The first-order valence-corrected chi connectivity index (χ1v) is 16.5. The van der Waals surface area contributed by atoms with E-state index in [1.807, 2.05) is 0 Å². The third-order valence-electron chi connectivity index (χ3n) is 9.39. The predicted molar refractivity (Wildman–Crippen MR) is 173 cm³/mol. The molecule has 0 unspecified atom stereocenters. The Bertz CT molecular complexity index is 1730. The molecular formula is C34H42O18. The van der Waals surface area contributed by atoms with Crippen LogP contribution in [0.3, 0.4) is 0 Å². The van der Waals surface area contributed by atoms with Crippen LogP contribution in [0.5, 0.6) is 17.2 Å². The number of rotatable bonds is 9. The SMILES string of the molecule is COc1ccc(-c2cc(=O)c3c(O)cc(O[C@@H]4O[C@H](CO[C@@H]5O[C@H](C)[C@H](O)[C@@H](O)[C@H]5O)[C@@H](O)[C@@H](O)[C@H]4O[C@@H]4O[C@H](C)[C@H](O)[C@@H](O)[C@H]4O)cc3o2)cc1. The molecule has 4 heterocycles. The van der Waals surface area contributed by atoms with Crippen molar-refractivity contribution in [3.05, 3.63) is 52.7 Å². The van der Waals surface area contributed by atoms with Gasteiger partial charge in [-0.3, -0.25) is 4.79 Å². The van der Waals surface area contributed by atoms with E-state index < -0.39 is 110 Å². The lowest BCUT2D eigenvalue weighted by atomic mass is 9.97. The van der Waals surface area contributed by atoms with Gasteiger partial charge in [0.05, 0.1) is 25.9 Å². The van der Waals surface area contributed by atoms with E-state index in [-0.39, 0.29) is 22.5 Å². The van der Waals surface area contributed by atoms with Gasteiger partial charge in [0.1, 0.15) is 88.9 Å². The van der Waals surface area contributed by atoms with Crippen LogP contribution in [-0.4, -0.2) is 152 Å². The number of hydrogen-bond donors (Lipinski definition) is 9. The summed E-state index contributed by atoms with van der Waals surface area (Å²) in [6, 6.07) is 10.2. The van der Waals surface area contributed by atoms with Gasteiger partial charge in [-0.15, -0.1) is 0 Å². The molecule has 0 radical (unpaired) electrons. The molecule has 0 amide bonds. The number of phenolic OH excluding ortho intramolecular Hbond substituents is 1. The normalized spacial score (nSPS) is 38.2. The van der Waals surface area contributed by atoms with E-state index in [1.165, 1.54) is 33.1 Å². The lowest BCUT2D eigenvalue weighted by Gasteiger charge is -2.46. The highest BCUT2D eigenvalue weighted by atomic mass is 16.8. The van der Waals surface area contributed by atoms with Gasteiger partial charge in [0.15, 0.2) is 24.1 Å². The van der Waals surface area contributed by atoms with Gasteiger partial charge < -0.3 is 83.5 Å². The molecule has 1 aromatic heterocycles. The Labute approximate surface area is 295 Å². The average molecular weight is 739 g/mol. The van der Waals surface area contributed by atoms with E-state index in [9.17, 15) is 50.8 Å². The summed E-state index contributed by atoms with van der Waals surface area (Å²) < 4.78 is 45.5. The van der Waals surface area contributed by atoms with Crippen molar-refractivity contribution in [2.45, 2.75) is 106 Å². The number of methoxy groups -OCH3 is 1. The number of ether oxygens (including phenoxy) is 7. The fourth-order valence-electron chi connectivity index (χ4n) is 6.25. The summed E-state index contributed by atoms with van der Waals surface area (Å²) in [4.78, 5) is 13.1. The highest BCUT2D eigenvalue weighted by Crippen LogP contribution is 2.35. The summed E-state index contributed by atoms with van der Waals surface area (Å²) in [6.45, 7) is 2.28. The molecule has 3 aliphatic heterocycles. The first-order chi connectivity index (χ1) is 24.7. The molecule has 0 aliphatic carbocycles. The molecule has 0 bridgehead atoms. The molecule has 52 heavy (non-hydrogen) atoms. The highest BCUT2D eigenvalue weighted by molar-refractivity contribution is 5.86. The number of phenols is 1. The zero-order valence-electron chi connectivity index (χ0n) is 28.1. The van der Waals surface area contributed by atoms with Crippen molar-refractivity contribution >= 4 is 11.0 Å². The molecule has 9 N–H and O–H groups in total. The van der Waals surface area contributed by atoms with E-state index in [2.05, 4.69) is 0 Å². The fraction of sp³-hybridized carbons (Fsp3) is 0.559. The molecule has 2 aromatic carbocycles. The minimum atomic E-state index is -1.88. The second kappa shape index (κ2) is 15.5. The molecule has 18 nitrogen and oxygen atoms in total. The molecule has 0 saturated carbocycles. The number of hydrogen-bond acceptors (Lipinski definition) is 18. The van der Waals surface area contributed by atoms with Gasteiger partial charge in [-0.1, -0.05) is 0 Å². The van der Waals surface area contributed by atoms with Gasteiger partial charge in [-0.05, 0) is 38.1 Å². The molecule has 286 valence electrons. The second-order valence-corrected chi connectivity index (χ2v) is 13.0. The topological polar surface area (TPSA) is 277 Å². The standard InChI is InChI=1S/C34H42O18/c1-12-23(37)26(40)29(43)32(47-12)46-11-21-25(39)28(42)31(52-33-30(44)27(41)24(38)13(2)48-33)34(51-21)49-16-8-17(35)22-18(36)10-19(50-20(22)9-16)14-4-6-15(45-3)7-5-14/h4-10,12-13,21,23-35,37-44H,11H2,1-3H3/t12-,13-,21-,23+,24+,25-,26-,27-,28-,29-,30-,31-,32-,33+,34-/m1/s1. The maximum atomic E-state index is 13.1. The molecule has 3 saturated heterocycles. The van der Waals surface area contributed by atoms with Gasteiger partial charge in [0, 0.05) is 23.8 Å². The van der Waals surface area contributed by atoms with Crippen LogP contribution in [-0.2, 0) is 23.7 Å². The van der Waals surface area contributed by atoms with E-state index in [4.69, 9.17) is 37.6 Å². The maximum Gasteiger partial charge on any atom is 0.229 e. The zero-order valence-corrected chi connectivity index (χ0v) is 28.1. The first kappa shape index (κ1) is 38.3. The molecule has 3 aliphatic rings. The Hall–Kier alpha value is -3.47. The Morgan fingerprint density at radius 1 is 0.673 bits per heavy atom. The van der Waals surface area contributed by atoms with Crippen molar-refractivity contribution in [2.75, 3.05) is 13.7 Å². The van der Waals surface area contributed by atoms with Crippen molar-refractivity contribution in [1.29, 1.82) is 0 Å². The van der Waals surface area contributed by atoms with E-state index in [0.29, 0.717) is 11.3 Å². The third-order valence-corrected chi connectivity index (χ3v) is 9.39. The Morgan fingerprint density at radius 3 is 1.92 bits per heavy atom. The monoisotopic (exact) mass is 738 g/mol. The summed E-state index contributed by atoms with van der Waals surface area (Å²) in [5.74, 6) is 0.0134. The van der Waals surface area contributed by atoms with Crippen LogP contribution in [0.2, 0.25) is 0 Å². The molecule has 15 atom stereocenters. The minimum Gasteiger partial charge on any atom is -0.507 e. The zero-order chi connectivity index (χ0) is 37.6. The fourth-order valence-corrected chi connectivity index (χ4v) is 6.25. The van der Waals surface area contributed by atoms with E-state index in [0.717, 1.165) is 6.07 Å². The first-order valence-electron chi connectivity index (χ1n) is 16.5. The highest BCUT2D eigenvalue weighted by Gasteiger charge is 2.52. The van der Waals surface area contributed by atoms with Crippen molar-refractivity contribution in [2.24, 2.45) is 0 Å². The third kappa shape index (κ3) is 7.48. The maximum absolute atomic E-state index is 13.1. The van der Waals surface area contributed by atoms with Crippen LogP contribution >= 0.6 is 0 Å². The van der Waals surface area contributed by atoms with E-state index in [1.54, 1.807) is 24.3 Å². The predicted octanol–water partition coefficient (Wildman–Crippen LogP) is -1.94. The van der Waals surface area contributed by atoms with Crippen molar-refractivity contribution in [3.63, 3.8) is 0 Å². The Morgan fingerprint density at radius 2 is 1.29 bits per heavy atom. The van der Waals surface area contributed by atoms with Crippen LogP contribution in [0, 0.1) is 0 Å². The van der Waals surface area contributed by atoms with Crippen LogP contribution in [0.25, 0.3) is 22.3 Å². The van der Waals surface area contributed by atoms with Crippen molar-refractivity contribution < 1.29 is 83.5 Å². The number of fused-ring (bicyclic) bond motifs is 1. The molecule has 6 rings (SSSR count). The largest absolute Gasteiger partial charge is 0.507 e. The van der Waals surface area contributed by atoms with Crippen LogP contribution in [0.4, 0.5) is 0 Å². The van der Waals surface area contributed by atoms with Gasteiger partial charge in [-0.25, -0.2) is 0 Å². The van der Waals surface area contributed by atoms with Crippen molar-refractivity contribution in [1.82, 2.24) is 0 Å². The summed E-state index contributed by atoms with van der Waals surface area (Å²) in [6.07, 6.45) is -23.3. The summed E-state index contributed by atoms with van der Waals surface area (Å²) >= 11 is 0. The average Bonchev–Trinajstić information content (AvgIpc) is 3.12. The summed E-state index contributed by atoms with van der Waals surface area (Å²) in [7, 11) is 1.50.